The van der Waals surface area contributed by atoms with Crippen molar-refractivity contribution in [2.75, 3.05) is 5.75 Å². The summed E-state index contributed by atoms with van der Waals surface area (Å²) >= 11 is 0. The fourth-order valence-corrected chi connectivity index (χ4v) is 3.78. The molecule has 0 spiro atoms. The van der Waals surface area contributed by atoms with Crippen LogP contribution in [0.1, 0.15) is 41.8 Å². The van der Waals surface area contributed by atoms with Gasteiger partial charge < -0.3 is 9.52 Å². The minimum Gasteiger partial charge on any atom is -0.478 e. The zero-order valence-electron chi connectivity index (χ0n) is 9.55. The lowest BCUT2D eigenvalue weighted by atomic mass is 10.1. The predicted molar refractivity (Wildman–Crippen MR) is 64.3 cm³/mol. The number of carboxylic acids is 1. The number of hydrogen-bond acceptors (Lipinski definition) is 3. The average molecular weight is 256 g/mol. The third-order valence-electron chi connectivity index (χ3n) is 3.16. The quantitative estimate of drug-likeness (QED) is 0.878. The summed E-state index contributed by atoms with van der Waals surface area (Å²) in [5, 5.41) is 8.89. The molecule has 0 aromatic carbocycles. The van der Waals surface area contributed by atoms with Gasteiger partial charge in [0.2, 0.25) is 0 Å². The first-order chi connectivity index (χ1) is 8.16. The lowest BCUT2D eigenvalue weighted by molar-refractivity contribution is 0.0695. The van der Waals surface area contributed by atoms with Crippen LogP contribution in [-0.4, -0.2) is 21.0 Å². The summed E-state index contributed by atoms with van der Waals surface area (Å²) in [5.74, 6) is 0.727. The maximum atomic E-state index is 11.9. The Morgan fingerprint density at radius 1 is 1.47 bits per heavy atom. The monoisotopic (exact) mass is 256 g/mol. The Morgan fingerprint density at radius 3 is 2.82 bits per heavy atom. The molecule has 1 aromatic rings. The molecule has 0 amide bonds. The van der Waals surface area contributed by atoms with Gasteiger partial charge in [-0.15, -0.1) is 0 Å². The molecule has 1 N–H and O–H groups in total. The van der Waals surface area contributed by atoms with Gasteiger partial charge in [0.1, 0.15) is 11.3 Å². The van der Waals surface area contributed by atoms with Gasteiger partial charge in [0.25, 0.3) is 0 Å². The molecule has 0 aliphatic heterocycles. The Kier molecular flexibility index (Phi) is 3.99. The zero-order chi connectivity index (χ0) is 12.3. The van der Waals surface area contributed by atoms with Crippen molar-refractivity contribution in [2.24, 2.45) is 5.92 Å². The zero-order valence-corrected chi connectivity index (χ0v) is 10.4. The van der Waals surface area contributed by atoms with Crippen molar-refractivity contribution in [3.8, 4) is 0 Å². The van der Waals surface area contributed by atoms with Crippen LogP contribution in [0.4, 0.5) is 0 Å². The molecule has 1 heterocycles. The standard InChI is InChI=1S/C12H16O4S/c13-12(14)10-5-6-16-11(10)8-17(15)7-9-3-1-2-4-9/h5-6,9H,1-4,7-8H2,(H,13,14). The van der Waals surface area contributed by atoms with Gasteiger partial charge >= 0.3 is 5.97 Å². The van der Waals surface area contributed by atoms with Gasteiger partial charge in [-0.3, -0.25) is 4.21 Å². The number of hydrogen-bond donors (Lipinski definition) is 1. The van der Waals surface area contributed by atoms with E-state index in [0.717, 1.165) is 12.8 Å². The van der Waals surface area contributed by atoms with Gasteiger partial charge in [-0.2, -0.15) is 0 Å². The van der Waals surface area contributed by atoms with Gasteiger partial charge in [0, 0.05) is 16.6 Å². The molecule has 4 nitrogen and oxygen atoms in total. The predicted octanol–water partition coefficient (Wildman–Crippen LogP) is 2.42. The first-order valence-corrected chi connectivity index (χ1v) is 7.30. The van der Waals surface area contributed by atoms with Crippen molar-refractivity contribution in [3.05, 3.63) is 23.7 Å². The van der Waals surface area contributed by atoms with E-state index in [1.54, 1.807) is 0 Å². The third kappa shape index (κ3) is 3.19. The molecule has 1 saturated carbocycles. The maximum absolute atomic E-state index is 11.9. The number of carbonyl (C=O) groups is 1. The van der Waals surface area contributed by atoms with Crippen LogP contribution in [0.3, 0.4) is 0 Å². The highest BCUT2D eigenvalue weighted by Crippen LogP contribution is 2.26. The summed E-state index contributed by atoms with van der Waals surface area (Å²) in [6, 6.07) is 1.41. The highest BCUT2D eigenvalue weighted by atomic mass is 32.2. The van der Waals surface area contributed by atoms with E-state index in [1.165, 1.54) is 25.2 Å². The molecule has 94 valence electrons. The van der Waals surface area contributed by atoms with Gasteiger partial charge in [-0.1, -0.05) is 12.8 Å². The SMILES string of the molecule is O=C(O)c1ccoc1CS(=O)CC1CCCC1. The second-order valence-electron chi connectivity index (χ2n) is 4.46. The van der Waals surface area contributed by atoms with Crippen LogP contribution >= 0.6 is 0 Å². The summed E-state index contributed by atoms with van der Waals surface area (Å²) in [7, 11) is -1.02. The minimum atomic E-state index is -1.02. The van der Waals surface area contributed by atoms with Crippen molar-refractivity contribution >= 4 is 16.8 Å². The third-order valence-corrected chi connectivity index (χ3v) is 4.59. The van der Waals surface area contributed by atoms with E-state index in [2.05, 4.69) is 0 Å². The molecule has 1 unspecified atom stereocenters. The molecule has 0 bridgehead atoms. The highest BCUT2D eigenvalue weighted by molar-refractivity contribution is 7.84. The second kappa shape index (κ2) is 5.49. The number of rotatable bonds is 5. The molecule has 1 fully saturated rings. The van der Waals surface area contributed by atoms with Crippen molar-refractivity contribution in [3.63, 3.8) is 0 Å². The first-order valence-electron chi connectivity index (χ1n) is 5.81. The van der Waals surface area contributed by atoms with E-state index < -0.39 is 16.8 Å². The molecular weight excluding hydrogens is 240 g/mol. The fraction of sp³-hybridized carbons (Fsp3) is 0.583. The van der Waals surface area contributed by atoms with E-state index in [-0.39, 0.29) is 11.3 Å². The summed E-state index contributed by atoms with van der Waals surface area (Å²) in [4.78, 5) is 10.8. The first kappa shape index (κ1) is 12.4. The Morgan fingerprint density at radius 2 is 2.18 bits per heavy atom. The number of aromatic carboxylic acids is 1. The van der Waals surface area contributed by atoms with Crippen LogP contribution < -0.4 is 0 Å². The molecule has 17 heavy (non-hydrogen) atoms. The summed E-state index contributed by atoms with van der Waals surface area (Å²) in [6.45, 7) is 0. The lowest BCUT2D eigenvalue weighted by Crippen LogP contribution is -2.10. The van der Waals surface area contributed by atoms with Gasteiger partial charge in [-0.25, -0.2) is 4.79 Å². The summed E-state index contributed by atoms with van der Waals surface area (Å²) < 4.78 is 17.0. The Balaban J connectivity index is 1.93. The van der Waals surface area contributed by atoms with Crippen molar-refractivity contribution < 1.29 is 18.5 Å². The Hall–Kier alpha value is -1.10. The van der Waals surface area contributed by atoms with E-state index in [0.29, 0.717) is 17.4 Å². The molecule has 1 aliphatic rings. The van der Waals surface area contributed by atoms with E-state index in [1.807, 2.05) is 0 Å². The molecule has 1 aromatic heterocycles. The van der Waals surface area contributed by atoms with E-state index in [4.69, 9.17) is 9.52 Å². The van der Waals surface area contributed by atoms with E-state index >= 15 is 0 Å². The lowest BCUT2D eigenvalue weighted by Gasteiger charge is -2.07. The van der Waals surface area contributed by atoms with E-state index in [9.17, 15) is 9.00 Å². The molecule has 5 heteroatoms. The highest BCUT2D eigenvalue weighted by Gasteiger charge is 2.20. The largest absolute Gasteiger partial charge is 0.478 e. The Bertz CT molecular complexity index is 418. The van der Waals surface area contributed by atoms with Crippen LogP contribution in [0, 0.1) is 5.92 Å². The second-order valence-corrected chi connectivity index (χ2v) is 5.97. The molecule has 1 atom stereocenters. The summed E-state index contributed by atoms with van der Waals surface area (Å²) in [6.07, 6.45) is 6.09. The average Bonchev–Trinajstić information content (AvgIpc) is 2.88. The van der Waals surface area contributed by atoms with Crippen LogP contribution in [0.25, 0.3) is 0 Å². The van der Waals surface area contributed by atoms with Crippen molar-refractivity contribution in [1.82, 2.24) is 0 Å². The molecule has 1 aliphatic carbocycles. The van der Waals surface area contributed by atoms with Crippen LogP contribution in [0.15, 0.2) is 16.7 Å². The van der Waals surface area contributed by atoms with Crippen LogP contribution in [0.2, 0.25) is 0 Å². The molecule has 0 saturated heterocycles. The number of carboxylic acid groups (broad SMARTS) is 1. The minimum absolute atomic E-state index is 0.129. The van der Waals surface area contributed by atoms with Crippen molar-refractivity contribution in [1.29, 1.82) is 0 Å². The number of furan rings is 1. The Labute approximate surface area is 102 Å². The van der Waals surface area contributed by atoms with Gasteiger partial charge in [0.15, 0.2) is 0 Å². The van der Waals surface area contributed by atoms with Crippen LogP contribution in [0.5, 0.6) is 0 Å². The normalized spacial score (nSPS) is 18.4. The molecular formula is C12H16O4S. The fourth-order valence-electron chi connectivity index (χ4n) is 2.29. The molecule has 0 radical (unpaired) electrons. The topological polar surface area (TPSA) is 67.5 Å². The van der Waals surface area contributed by atoms with Gasteiger partial charge in [0.05, 0.1) is 12.0 Å². The van der Waals surface area contributed by atoms with Gasteiger partial charge in [-0.05, 0) is 24.8 Å². The smallest absolute Gasteiger partial charge is 0.339 e. The van der Waals surface area contributed by atoms with Crippen molar-refractivity contribution in [2.45, 2.75) is 31.4 Å². The molecule has 2 rings (SSSR count). The maximum Gasteiger partial charge on any atom is 0.339 e. The van der Waals surface area contributed by atoms with Crippen LogP contribution in [-0.2, 0) is 16.6 Å². The summed E-state index contributed by atoms with van der Waals surface area (Å²) in [5.41, 5.74) is 0.129.